The molecule has 5 N–H and O–H groups in total. The second-order valence-corrected chi connectivity index (χ2v) is 12.7. The van der Waals surface area contributed by atoms with Crippen molar-refractivity contribution in [3.63, 3.8) is 0 Å². The summed E-state index contributed by atoms with van der Waals surface area (Å²) in [6.07, 6.45) is 1.58. The average molecular weight is 742 g/mol. The van der Waals surface area contributed by atoms with Crippen LogP contribution in [0, 0.1) is 0 Å². The number of anilines is 1. The molecule has 288 valence electrons. The zero-order valence-electron chi connectivity index (χ0n) is 31.7. The molecule has 0 saturated heterocycles. The summed E-state index contributed by atoms with van der Waals surface area (Å²) in [5.74, 6) is -1.12. The number of amides is 3. The number of nitrogens with one attached hydrogen (secondary N) is 5. The number of carbonyl (C=O) groups excluding carboxylic acids is 4. The molecule has 3 amide bonds. The SMILES string of the molecule is CCN(CC)CCCNC(=O)c1cc(Oc2ccc(N=NC(C(C)=O)C(=O)Nc3ccc4[nH]c(=O)[nH]c4c3)cc2)cc(C(=O)NCCCN(CC)CC)c1. The molecule has 1 unspecified atom stereocenters. The van der Waals surface area contributed by atoms with Gasteiger partial charge in [0.25, 0.3) is 17.7 Å². The molecular formula is C39H51N9O6. The lowest BCUT2D eigenvalue weighted by Crippen LogP contribution is -2.31. The Labute approximate surface area is 314 Å². The van der Waals surface area contributed by atoms with Crippen LogP contribution >= 0.6 is 0 Å². The lowest BCUT2D eigenvalue weighted by Gasteiger charge is -2.18. The largest absolute Gasteiger partial charge is 0.457 e. The molecule has 4 aromatic rings. The number of ketones is 1. The van der Waals surface area contributed by atoms with Crippen LogP contribution in [0.4, 0.5) is 11.4 Å². The number of nitrogens with zero attached hydrogens (tertiary/aromatic N) is 4. The Morgan fingerprint density at radius 2 is 1.28 bits per heavy atom. The van der Waals surface area contributed by atoms with E-state index in [1.165, 1.54) is 6.92 Å². The minimum Gasteiger partial charge on any atom is -0.457 e. The number of aromatic nitrogens is 2. The molecule has 1 aromatic heterocycles. The molecule has 15 heteroatoms. The predicted octanol–water partition coefficient (Wildman–Crippen LogP) is 5.25. The van der Waals surface area contributed by atoms with E-state index in [0.29, 0.717) is 58.1 Å². The minimum atomic E-state index is -1.41. The molecule has 1 atom stereocenters. The Morgan fingerprint density at radius 3 is 1.81 bits per heavy atom. The van der Waals surface area contributed by atoms with Crippen LogP contribution in [0.5, 0.6) is 11.5 Å². The number of benzene rings is 3. The molecular weight excluding hydrogens is 690 g/mol. The van der Waals surface area contributed by atoms with E-state index < -0.39 is 17.7 Å². The van der Waals surface area contributed by atoms with E-state index >= 15 is 0 Å². The second-order valence-electron chi connectivity index (χ2n) is 12.7. The summed E-state index contributed by atoms with van der Waals surface area (Å²) >= 11 is 0. The number of Topliss-reactive ketones (excluding diaryl/α,β-unsaturated/α-hetero) is 1. The standard InChI is InChI=1S/C39H51N9O6/c1-6-47(7-2)20-10-18-40-36(50)27-22-28(37(51)41-19-11-21-48(8-3)9-4)24-32(23-27)54-31-15-12-29(13-16-31)45-46-35(26(5)49)38(52)42-30-14-17-33-34(25-30)44-39(53)43-33/h12-17,22-25,35H,6-11,18-21H2,1-5H3,(H,40,50)(H,41,51)(H,42,52)(H2,43,44,53). The summed E-state index contributed by atoms with van der Waals surface area (Å²) in [6, 6.07) is 14.6. The number of imidazole rings is 1. The highest BCUT2D eigenvalue weighted by Crippen LogP contribution is 2.27. The van der Waals surface area contributed by atoms with Gasteiger partial charge in [-0.1, -0.05) is 27.7 Å². The summed E-state index contributed by atoms with van der Waals surface area (Å²) < 4.78 is 6.10. The van der Waals surface area contributed by atoms with E-state index in [9.17, 15) is 24.0 Å². The van der Waals surface area contributed by atoms with Gasteiger partial charge in [0.1, 0.15) is 11.5 Å². The first-order valence-corrected chi connectivity index (χ1v) is 18.4. The van der Waals surface area contributed by atoms with Crippen LogP contribution in [0.2, 0.25) is 0 Å². The van der Waals surface area contributed by atoms with Crippen LogP contribution in [0.15, 0.2) is 75.7 Å². The number of ether oxygens (including phenoxy) is 1. The van der Waals surface area contributed by atoms with Crippen molar-refractivity contribution in [1.29, 1.82) is 0 Å². The van der Waals surface area contributed by atoms with Gasteiger partial charge in [-0.2, -0.15) is 10.2 Å². The zero-order valence-corrected chi connectivity index (χ0v) is 31.7. The number of hydrogen-bond donors (Lipinski definition) is 5. The normalized spacial score (nSPS) is 12.0. The number of hydrogen-bond acceptors (Lipinski definition) is 10. The van der Waals surface area contributed by atoms with Crippen molar-refractivity contribution in [3.8, 4) is 11.5 Å². The van der Waals surface area contributed by atoms with Gasteiger partial charge in [0.05, 0.1) is 16.7 Å². The van der Waals surface area contributed by atoms with E-state index in [2.05, 4.69) is 73.6 Å². The summed E-state index contributed by atoms with van der Waals surface area (Å²) in [4.78, 5) is 73.1. The van der Waals surface area contributed by atoms with Crippen LogP contribution in [0.25, 0.3) is 11.0 Å². The van der Waals surface area contributed by atoms with Gasteiger partial charge in [-0.15, -0.1) is 0 Å². The fourth-order valence-electron chi connectivity index (χ4n) is 5.69. The third-order valence-electron chi connectivity index (χ3n) is 8.87. The molecule has 0 aliphatic heterocycles. The van der Waals surface area contributed by atoms with E-state index in [1.807, 2.05) is 0 Å². The maximum Gasteiger partial charge on any atom is 0.323 e. The Kier molecular flexibility index (Phi) is 15.6. The van der Waals surface area contributed by atoms with Crippen molar-refractivity contribution in [2.45, 2.75) is 53.5 Å². The molecule has 3 aromatic carbocycles. The summed E-state index contributed by atoms with van der Waals surface area (Å²) in [5.41, 5.74) is 2.02. The fraction of sp³-hybridized carbons (Fsp3) is 0.410. The molecule has 0 radical (unpaired) electrons. The Hall–Kier alpha value is -5.67. The van der Waals surface area contributed by atoms with Gasteiger partial charge in [0.2, 0.25) is 6.04 Å². The Morgan fingerprint density at radius 1 is 0.722 bits per heavy atom. The minimum absolute atomic E-state index is 0.295. The maximum atomic E-state index is 13.2. The van der Waals surface area contributed by atoms with Gasteiger partial charge in [0, 0.05) is 29.9 Å². The van der Waals surface area contributed by atoms with Crippen molar-refractivity contribution in [3.05, 3.63) is 82.3 Å². The molecule has 0 fully saturated rings. The molecule has 0 saturated carbocycles. The molecule has 0 aliphatic rings. The number of H-pyrrole nitrogens is 2. The number of rotatable bonds is 21. The van der Waals surface area contributed by atoms with E-state index in [4.69, 9.17) is 4.74 Å². The summed E-state index contributed by atoms with van der Waals surface area (Å²) in [7, 11) is 0. The number of carbonyl (C=O) groups is 4. The smallest absolute Gasteiger partial charge is 0.323 e. The Balaban J connectivity index is 1.44. The number of fused-ring (bicyclic) bond motifs is 1. The topological polar surface area (TPSA) is 193 Å². The van der Waals surface area contributed by atoms with E-state index in [-0.39, 0.29) is 17.5 Å². The van der Waals surface area contributed by atoms with Crippen molar-refractivity contribution >= 4 is 45.9 Å². The zero-order chi connectivity index (χ0) is 39.0. The molecule has 1 heterocycles. The quantitative estimate of drug-likeness (QED) is 0.0434. The monoisotopic (exact) mass is 741 g/mol. The van der Waals surface area contributed by atoms with Gasteiger partial charge >= 0.3 is 5.69 Å². The maximum absolute atomic E-state index is 13.2. The van der Waals surface area contributed by atoms with Gasteiger partial charge in [-0.25, -0.2) is 4.79 Å². The van der Waals surface area contributed by atoms with Crippen molar-refractivity contribution < 1.29 is 23.9 Å². The van der Waals surface area contributed by atoms with Gasteiger partial charge < -0.3 is 40.5 Å². The highest BCUT2D eigenvalue weighted by molar-refractivity contribution is 6.10. The third-order valence-corrected chi connectivity index (χ3v) is 8.87. The van der Waals surface area contributed by atoms with Crippen molar-refractivity contribution in [1.82, 2.24) is 30.4 Å². The molecule has 0 bridgehead atoms. The predicted molar refractivity (Wildman–Crippen MR) is 209 cm³/mol. The first kappa shape index (κ1) is 41.1. The number of azo groups is 1. The highest BCUT2D eigenvalue weighted by atomic mass is 16.5. The molecule has 15 nitrogen and oxygen atoms in total. The third kappa shape index (κ3) is 12.2. The van der Waals surface area contributed by atoms with Gasteiger partial charge in [0.15, 0.2) is 5.78 Å². The van der Waals surface area contributed by atoms with E-state index in [0.717, 1.165) is 52.1 Å². The Bertz CT molecular complexity index is 1910. The number of aromatic amines is 2. The van der Waals surface area contributed by atoms with Crippen LogP contribution in [0.1, 0.15) is 68.2 Å². The van der Waals surface area contributed by atoms with Crippen LogP contribution in [0.3, 0.4) is 0 Å². The summed E-state index contributed by atoms with van der Waals surface area (Å²) in [6.45, 7) is 16.1. The van der Waals surface area contributed by atoms with E-state index in [1.54, 1.807) is 60.7 Å². The molecule has 54 heavy (non-hydrogen) atoms. The van der Waals surface area contributed by atoms with Crippen LogP contribution in [-0.4, -0.2) is 102 Å². The van der Waals surface area contributed by atoms with Crippen LogP contribution in [-0.2, 0) is 9.59 Å². The summed E-state index contributed by atoms with van der Waals surface area (Å²) in [5, 5.41) is 16.7. The first-order chi connectivity index (χ1) is 26.0. The molecule has 0 aliphatic carbocycles. The lowest BCUT2D eigenvalue weighted by atomic mass is 10.1. The average Bonchev–Trinajstić information content (AvgIpc) is 3.54. The second kappa shape index (κ2) is 20.5. The van der Waals surface area contributed by atoms with Crippen molar-refractivity contribution in [2.75, 3.05) is 57.7 Å². The van der Waals surface area contributed by atoms with Gasteiger partial charge in [-0.05, 0) is 120 Å². The van der Waals surface area contributed by atoms with Crippen LogP contribution < -0.4 is 26.4 Å². The van der Waals surface area contributed by atoms with Gasteiger partial charge in [-0.3, -0.25) is 19.2 Å². The van der Waals surface area contributed by atoms with Crippen molar-refractivity contribution in [2.24, 2.45) is 10.2 Å². The lowest BCUT2D eigenvalue weighted by molar-refractivity contribution is -0.126. The molecule has 4 rings (SSSR count). The first-order valence-electron chi connectivity index (χ1n) is 18.4. The fourth-order valence-corrected chi connectivity index (χ4v) is 5.69. The highest BCUT2D eigenvalue weighted by Gasteiger charge is 2.23. The molecule has 0 spiro atoms.